The minimum Gasteiger partial charge on any atom is -0.444 e. The van der Waals surface area contributed by atoms with Gasteiger partial charge in [0.05, 0.1) is 25.9 Å². The van der Waals surface area contributed by atoms with Crippen LogP contribution in [0.4, 0.5) is 4.79 Å². The highest BCUT2D eigenvalue weighted by molar-refractivity contribution is 5.68. The van der Waals surface area contributed by atoms with E-state index in [-0.39, 0.29) is 19.3 Å². The zero-order valence-electron chi connectivity index (χ0n) is 9.87. The Bertz CT molecular complexity index is 188. The van der Waals surface area contributed by atoms with Gasteiger partial charge < -0.3 is 19.9 Å². The van der Waals surface area contributed by atoms with Crippen LogP contribution in [0.1, 0.15) is 27.7 Å². The van der Waals surface area contributed by atoms with Crippen LogP contribution < -0.4 is 5.32 Å². The number of rotatable bonds is 5. The van der Waals surface area contributed by atoms with Crippen molar-refractivity contribution >= 4 is 6.09 Å². The second kappa shape index (κ2) is 6.63. The summed E-state index contributed by atoms with van der Waals surface area (Å²) in [5.74, 6) is 0. The molecule has 0 saturated heterocycles. The molecule has 5 heteroatoms. The molecule has 0 radical (unpaired) electrons. The van der Waals surface area contributed by atoms with Crippen molar-refractivity contribution in [2.45, 2.75) is 39.3 Å². The van der Waals surface area contributed by atoms with Crippen LogP contribution in [0.3, 0.4) is 0 Å². The Labute approximate surface area is 90.8 Å². The first-order chi connectivity index (χ1) is 6.85. The Balaban J connectivity index is 3.67. The Kier molecular flexibility index (Phi) is 6.27. The van der Waals surface area contributed by atoms with E-state index in [1.165, 1.54) is 0 Å². The molecule has 15 heavy (non-hydrogen) atoms. The molecule has 0 saturated carbocycles. The molecule has 2 N–H and O–H groups in total. The van der Waals surface area contributed by atoms with E-state index < -0.39 is 11.7 Å². The molecular formula is C10H21NO4. The molecule has 0 aliphatic rings. The molecule has 0 bridgehead atoms. The summed E-state index contributed by atoms with van der Waals surface area (Å²) < 4.78 is 10.1. The molecule has 0 fully saturated rings. The van der Waals surface area contributed by atoms with Crippen LogP contribution in [0.25, 0.3) is 0 Å². The van der Waals surface area contributed by atoms with Gasteiger partial charge in [-0.25, -0.2) is 4.79 Å². The Morgan fingerprint density at radius 1 is 1.47 bits per heavy atom. The number of amides is 1. The van der Waals surface area contributed by atoms with Crippen LogP contribution in [0, 0.1) is 0 Å². The van der Waals surface area contributed by atoms with Crippen LogP contribution in [0.5, 0.6) is 0 Å². The van der Waals surface area contributed by atoms with Crippen molar-refractivity contribution in [1.82, 2.24) is 5.32 Å². The number of ether oxygens (including phenoxy) is 2. The Morgan fingerprint density at radius 2 is 2.07 bits per heavy atom. The maximum absolute atomic E-state index is 11.3. The maximum Gasteiger partial charge on any atom is 0.407 e. The van der Waals surface area contributed by atoms with Gasteiger partial charge in [-0.1, -0.05) is 0 Å². The summed E-state index contributed by atoms with van der Waals surface area (Å²) in [6.07, 6.45) is -0.456. The first-order valence-corrected chi connectivity index (χ1v) is 5.03. The SMILES string of the molecule is CC(COCCO)NC(=O)OC(C)(C)C. The van der Waals surface area contributed by atoms with Crippen LogP contribution >= 0.6 is 0 Å². The summed E-state index contributed by atoms with van der Waals surface area (Å²) in [5, 5.41) is 11.1. The molecule has 0 spiro atoms. The molecule has 1 unspecified atom stereocenters. The summed E-state index contributed by atoms with van der Waals surface area (Å²) in [4.78, 5) is 11.3. The monoisotopic (exact) mass is 219 g/mol. The van der Waals surface area contributed by atoms with Crippen molar-refractivity contribution in [2.75, 3.05) is 19.8 Å². The highest BCUT2D eigenvalue weighted by Gasteiger charge is 2.17. The predicted molar refractivity (Wildman–Crippen MR) is 56.7 cm³/mol. The maximum atomic E-state index is 11.3. The second-order valence-corrected chi connectivity index (χ2v) is 4.35. The molecule has 0 aromatic rings. The lowest BCUT2D eigenvalue weighted by Gasteiger charge is -2.21. The number of hydrogen-bond donors (Lipinski definition) is 2. The van der Waals surface area contributed by atoms with E-state index in [0.717, 1.165) is 0 Å². The fourth-order valence-electron chi connectivity index (χ4n) is 0.875. The second-order valence-electron chi connectivity index (χ2n) is 4.35. The van der Waals surface area contributed by atoms with E-state index in [0.29, 0.717) is 6.61 Å². The van der Waals surface area contributed by atoms with Gasteiger partial charge >= 0.3 is 6.09 Å². The summed E-state index contributed by atoms with van der Waals surface area (Å²) in [6, 6.07) is -0.133. The third-order valence-electron chi connectivity index (χ3n) is 1.37. The van der Waals surface area contributed by atoms with Crippen molar-refractivity contribution in [2.24, 2.45) is 0 Å². The molecule has 0 aromatic heterocycles. The number of hydrogen-bond acceptors (Lipinski definition) is 4. The largest absolute Gasteiger partial charge is 0.444 e. The average molecular weight is 219 g/mol. The standard InChI is InChI=1S/C10H21NO4/c1-8(7-14-6-5-12)11-9(13)15-10(2,3)4/h8,12H,5-7H2,1-4H3,(H,11,13). The highest BCUT2D eigenvalue weighted by Crippen LogP contribution is 2.06. The van der Waals surface area contributed by atoms with Gasteiger partial charge in [0.1, 0.15) is 5.60 Å². The number of aliphatic hydroxyl groups is 1. The zero-order valence-corrected chi connectivity index (χ0v) is 9.87. The minimum atomic E-state index is -0.490. The smallest absolute Gasteiger partial charge is 0.407 e. The quantitative estimate of drug-likeness (QED) is 0.674. The van der Waals surface area contributed by atoms with E-state index in [1.54, 1.807) is 27.7 Å². The molecule has 0 aliphatic heterocycles. The van der Waals surface area contributed by atoms with E-state index >= 15 is 0 Å². The molecule has 5 nitrogen and oxygen atoms in total. The number of aliphatic hydroxyl groups excluding tert-OH is 1. The molecule has 1 amide bonds. The Morgan fingerprint density at radius 3 is 2.53 bits per heavy atom. The summed E-state index contributed by atoms with van der Waals surface area (Å²) in [5.41, 5.74) is -0.490. The van der Waals surface area contributed by atoms with Crippen LogP contribution in [0.2, 0.25) is 0 Å². The predicted octanol–water partition coefficient (Wildman–Crippen LogP) is 0.908. The fraction of sp³-hybridized carbons (Fsp3) is 0.900. The van der Waals surface area contributed by atoms with Crippen molar-refractivity contribution in [1.29, 1.82) is 0 Å². The summed E-state index contributed by atoms with van der Waals surface area (Å²) >= 11 is 0. The number of carbonyl (C=O) groups excluding carboxylic acids is 1. The van der Waals surface area contributed by atoms with E-state index in [4.69, 9.17) is 14.6 Å². The van der Waals surface area contributed by atoms with Gasteiger partial charge in [0.2, 0.25) is 0 Å². The topological polar surface area (TPSA) is 67.8 Å². The molecule has 0 rings (SSSR count). The lowest BCUT2D eigenvalue weighted by atomic mass is 10.2. The Hall–Kier alpha value is -0.810. The van der Waals surface area contributed by atoms with Crippen LogP contribution in [-0.4, -0.2) is 42.7 Å². The van der Waals surface area contributed by atoms with Gasteiger partial charge in [-0.05, 0) is 27.7 Å². The summed E-state index contributed by atoms with van der Waals surface area (Å²) in [6.45, 7) is 7.85. The number of alkyl carbamates (subject to hydrolysis) is 1. The fourth-order valence-corrected chi connectivity index (χ4v) is 0.875. The minimum absolute atomic E-state index is 0.0147. The van der Waals surface area contributed by atoms with Gasteiger partial charge in [0, 0.05) is 0 Å². The third-order valence-corrected chi connectivity index (χ3v) is 1.37. The van der Waals surface area contributed by atoms with E-state index in [2.05, 4.69) is 5.32 Å². The first-order valence-electron chi connectivity index (χ1n) is 5.03. The summed E-state index contributed by atoms with van der Waals surface area (Å²) in [7, 11) is 0. The van der Waals surface area contributed by atoms with Crippen molar-refractivity contribution in [3.63, 3.8) is 0 Å². The van der Waals surface area contributed by atoms with Crippen molar-refractivity contribution in [3.05, 3.63) is 0 Å². The first kappa shape index (κ1) is 14.2. The average Bonchev–Trinajstić information content (AvgIpc) is 2.00. The van der Waals surface area contributed by atoms with Crippen molar-refractivity contribution in [3.8, 4) is 0 Å². The molecule has 0 heterocycles. The molecule has 0 aliphatic carbocycles. The lowest BCUT2D eigenvalue weighted by molar-refractivity contribution is 0.0425. The zero-order chi connectivity index (χ0) is 11.9. The molecule has 0 aromatic carbocycles. The number of carbonyl (C=O) groups is 1. The normalized spacial score (nSPS) is 13.4. The molecular weight excluding hydrogens is 198 g/mol. The van der Waals surface area contributed by atoms with Gasteiger partial charge in [0.25, 0.3) is 0 Å². The lowest BCUT2D eigenvalue weighted by Crippen LogP contribution is -2.39. The van der Waals surface area contributed by atoms with E-state index in [1.807, 2.05) is 0 Å². The van der Waals surface area contributed by atoms with Gasteiger partial charge in [-0.2, -0.15) is 0 Å². The van der Waals surface area contributed by atoms with Crippen LogP contribution in [0.15, 0.2) is 0 Å². The molecule has 1 atom stereocenters. The van der Waals surface area contributed by atoms with Gasteiger partial charge in [-0.3, -0.25) is 0 Å². The molecule has 90 valence electrons. The van der Waals surface area contributed by atoms with Gasteiger partial charge in [-0.15, -0.1) is 0 Å². The third kappa shape index (κ3) is 9.49. The van der Waals surface area contributed by atoms with E-state index in [9.17, 15) is 4.79 Å². The number of nitrogens with one attached hydrogen (secondary N) is 1. The van der Waals surface area contributed by atoms with Gasteiger partial charge in [0.15, 0.2) is 0 Å². The van der Waals surface area contributed by atoms with Crippen LogP contribution in [-0.2, 0) is 9.47 Å². The highest BCUT2D eigenvalue weighted by atomic mass is 16.6. The van der Waals surface area contributed by atoms with Crippen molar-refractivity contribution < 1.29 is 19.4 Å².